The predicted molar refractivity (Wildman–Crippen MR) is 107 cm³/mol. The molecule has 1 aromatic heterocycles. The average molecular weight is 387 g/mol. The Labute approximate surface area is 167 Å². The SMILES string of the molecule is C#CCOc1cc2c(cc1C)-c1cc(=O)c(C(=O)O)cn1C(c1ccccc1)O2. The fourth-order valence-electron chi connectivity index (χ4n) is 3.39. The minimum atomic E-state index is -1.28. The van der Waals surface area contributed by atoms with Gasteiger partial charge in [0.15, 0.2) is 5.43 Å². The summed E-state index contributed by atoms with van der Waals surface area (Å²) in [5, 5.41) is 9.40. The van der Waals surface area contributed by atoms with Crippen molar-refractivity contribution >= 4 is 5.97 Å². The maximum Gasteiger partial charge on any atom is 0.341 e. The maximum absolute atomic E-state index is 12.4. The molecule has 1 unspecified atom stereocenters. The first-order chi connectivity index (χ1) is 14.0. The van der Waals surface area contributed by atoms with Crippen LogP contribution in [0.4, 0.5) is 0 Å². The molecule has 0 fully saturated rings. The number of ether oxygens (including phenoxy) is 2. The number of carbonyl (C=O) groups is 1. The molecule has 4 rings (SSSR count). The van der Waals surface area contributed by atoms with Crippen LogP contribution in [0.15, 0.2) is 59.5 Å². The molecule has 2 heterocycles. The van der Waals surface area contributed by atoms with Crippen LogP contribution in [-0.4, -0.2) is 22.2 Å². The van der Waals surface area contributed by atoms with Crippen molar-refractivity contribution in [3.63, 3.8) is 0 Å². The van der Waals surface area contributed by atoms with E-state index < -0.39 is 17.6 Å². The van der Waals surface area contributed by atoms with E-state index in [0.29, 0.717) is 22.8 Å². The molecule has 6 heteroatoms. The van der Waals surface area contributed by atoms with E-state index >= 15 is 0 Å². The van der Waals surface area contributed by atoms with Crippen LogP contribution in [-0.2, 0) is 0 Å². The first kappa shape index (κ1) is 18.4. The van der Waals surface area contributed by atoms with Gasteiger partial charge in [-0.3, -0.25) is 4.79 Å². The summed E-state index contributed by atoms with van der Waals surface area (Å²) in [7, 11) is 0. The second kappa shape index (κ2) is 7.21. The van der Waals surface area contributed by atoms with Crippen LogP contribution in [0, 0.1) is 19.3 Å². The van der Waals surface area contributed by atoms with Gasteiger partial charge in [-0.1, -0.05) is 36.3 Å². The summed E-state index contributed by atoms with van der Waals surface area (Å²) in [6, 6.07) is 14.3. The number of nitrogens with zero attached hydrogens (tertiary/aromatic N) is 1. The van der Waals surface area contributed by atoms with Gasteiger partial charge < -0.3 is 19.1 Å². The fourth-order valence-corrected chi connectivity index (χ4v) is 3.39. The van der Waals surface area contributed by atoms with E-state index in [0.717, 1.165) is 11.1 Å². The van der Waals surface area contributed by atoms with E-state index in [9.17, 15) is 14.7 Å². The zero-order valence-electron chi connectivity index (χ0n) is 15.6. The van der Waals surface area contributed by atoms with Crippen molar-refractivity contribution in [2.24, 2.45) is 0 Å². The van der Waals surface area contributed by atoms with Gasteiger partial charge in [-0.2, -0.15) is 0 Å². The maximum atomic E-state index is 12.4. The largest absolute Gasteiger partial charge is 0.481 e. The molecule has 1 aliphatic heterocycles. The Hall–Kier alpha value is -3.98. The van der Waals surface area contributed by atoms with Gasteiger partial charge in [-0.25, -0.2) is 4.79 Å². The lowest BCUT2D eigenvalue weighted by Crippen LogP contribution is -2.27. The number of carboxylic acid groups (broad SMARTS) is 1. The summed E-state index contributed by atoms with van der Waals surface area (Å²) in [4.78, 5) is 23.9. The monoisotopic (exact) mass is 387 g/mol. The third-order valence-electron chi connectivity index (χ3n) is 4.75. The van der Waals surface area contributed by atoms with Crippen molar-refractivity contribution < 1.29 is 19.4 Å². The zero-order chi connectivity index (χ0) is 20.5. The normalized spacial score (nSPS) is 14.1. The van der Waals surface area contributed by atoms with E-state index in [-0.39, 0.29) is 12.2 Å². The lowest BCUT2D eigenvalue weighted by atomic mass is 10.0. The molecule has 0 aliphatic carbocycles. The number of pyridine rings is 1. The number of hydrogen-bond acceptors (Lipinski definition) is 4. The number of aromatic nitrogens is 1. The highest BCUT2D eigenvalue weighted by Gasteiger charge is 2.29. The first-order valence-corrected chi connectivity index (χ1v) is 8.92. The summed E-state index contributed by atoms with van der Waals surface area (Å²) in [5.41, 5.74) is 2.01. The van der Waals surface area contributed by atoms with Crippen LogP contribution in [0.2, 0.25) is 0 Å². The zero-order valence-corrected chi connectivity index (χ0v) is 15.6. The van der Waals surface area contributed by atoms with Crippen molar-refractivity contribution in [2.45, 2.75) is 13.2 Å². The quantitative estimate of drug-likeness (QED) is 0.694. The number of benzene rings is 2. The summed E-state index contributed by atoms with van der Waals surface area (Å²) in [6.45, 7) is 1.99. The van der Waals surface area contributed by atoms with Gasteiger partial charge in [-0.05, 0) is 18.6 Å². The Morgan fingerprint density at radius 2 is 2.03 bits per heavy atom. The number of rotatable bonds is 4. The highest BCUT2D eigenvalue weighted by atomic mass is 16.5. The van der Waals surface area contributed by atoms with Crippen LogP contribution in [0.5, 0.6) is 11.5 Å². The van der Waals surface area contributed by atoms with Crippen molar-refractivity contribution in [3.8, 4) is 35.1 Å². The van der Waals surface area contributed by atoms with Crippen LogP contribution in [0.25, 0.3) is 11.3 Å². The van der Waals surface area contributed by atoms with Gasteiger partial charge in [0.1, 0.15) is 23.7 Å². The van der Waals surface area contributed by atoms with Crippen LogP contribution < -0.4 is 14.9 Å². The Morgan fingerprint density at radius 1 is 1.28 bits per heavy atom. The molecule has 144 valence electrons. The molecule has 0 bridgehead atoms. The average Bonchev–Trinajstić information content (AvgIpc) is 2.72. The lowest BCUT2D eigenvalue weighted by molar-refractivity contribution is 0.0693. The van der Waals surface area contributed by atoms with Crippen molar-refractivity contribution in [1.29, 1.82) is 0 Å². The van der Waals surface area contributed by atoms with Gasteiger partial charge in [0, 0.05) is 29.5 Å². The molecule has 29 heavy (non-hydrogen) atoms. The van der Waals surface area contributed by atoms with E-state index in [2.05, 4.69) is 5.92 Å². The standard InChI is InChI=1S/C23H17NO5/c1-3-9-28-20-12-21-16(10-14(20)2)18-11-19(25)17(23(26)27)13-24(18)22(29-21)15-7-5-4-6-8-15/h1,4-8,10-13,22H,9H2,2H3,(H,26,27). The van der Waals surface area contributed by atoms with E-state index in [1.807, 2.05) is 43.3 Å². The Morgan fingerprint density at radius 3 is 2.72 bits per heavy atom. The van der Waals surface area contributed by atoms with Crippen molar-refractivity contribution in [3.05, 3.63) is 81.6 Å². The number of aryl methyl sites for hydroxylation is 1. The van der Waals surface area contributed by atoms with E-state index in [4.69, 9.17) is 15.9 Å². The van der Waals surface area contributed by atoms with Gasteiger partial charge in [-0.15, -0.1) is 6.42 Å². The lowest BCUT2D eigenvalue weighted by Gasteiger charge is -2.32. The fraction of sp³-hybridized carbons (Fsp3) is 0.130. The van der Waals surface area contributed by atoms with Gasteiger partial charge in [0.25, 0.3) is 0 Å². The van der Waals surface area contributed by atoms with Gasteiger partial charge >= 0.3 is 5.97 Å². The summed E-state index contributed by atoms with van der Waals surface area (Å²) in [5.74, 6) is 2.27. The predicted octanol–water partition coefficient (Wildman–Crippen LogP) is 3.47. The third-order valence-corrected chi connectivity index (χ3v) is 4.75. The molecule has 1 N–H and O–H groups in total. The number of hydrogen-bond donors (Lipinski definition) is 1. The summed E-state index contributed by atoms with van der Waals surface area (Å²) in [6.07, 6.45) is 5.98. The molecule has 0 radical (unpaired) electrons. The van der Waals surface area contributed by atoms with Crippen LogP contribution >= 0.6 is 0 Å². The van der Waals surface area contributed by atoms with Gasteiger partial charge in [0.2, 0.25) is 6.23 Å². The summed E-state index contributed by atoms with van der Waals surface area (Å²) < 4.78 is 13.5. The molecule has 6 nitrogen and oxygen atoms in total. The topological polar surface area (TPSA) is 77.8 Å². The number of terminal acetylenes is 1. The molecular weight excluding hydrogens is 370 g/mol. The minimum absolute atomic E-state index is 0.125. The highest BCUT2D eigenvalue weighted by molar-refractivity contribution is 5.88. The second-order valence-electron chi connectivity index (χ2n) is 6.64. The molecule has 1 aliphatic rings. The molecule has 1 atom stereocenters. The first-order valence-electron chi connectivity index (χ1n) is 8.92. The third kappa shape index (κ3) is 3.23. The second-order valence-corrected chi connectivity index (χ2v) is 6.64. The smallest absolute Gasteiger partial charge is 0.341 e. The summed E-state index contributed by atoms with van der Waals surface area (Å²) >= 11 is 0. The Kier molecular flexibility index (Phi) is 4.57. The molecule has 0 spiro atoms. The van der Waals surface area contributed by atoms with E-state index in [1.54, 1.807) is 10.6 Å². The van der Waals surface area contributed by atoms with Crippen molar-refractivity contribution in [1.82, 2.24) is 4.57 Å². The van der Waals surface area contributed by atoms with E-state index in [1.165, 1.54) is 12.3 Å². The molecule has 0 saturated heterocycles. The molecule has 3 aromatic rings. The van der Waals surface area contributed by atoms with Gasteiger partial charge in [0.05, 0.1) is 5.69 Å². The minimum Gasteiger partial charge on any atom is -0.481 e. The van der Waals surface area contributed by atoms with Crippen LogP contribution in [0.3, 0.4) is 0 Å². The molecule has 0 amide bonds. The molecule has 0 saturated carbocycles. The van der Waals surface area contributed by atoms with Crippen molar-refractivity contribution in [2.75, 3.05) is 6.61 Å². The Bertz CT molecular complexity index is 1200. The Balaban J connectivity index is 1.95. The van der Waals surface area contributed by atoms with Crippen LogP contribution in [0.1, 0.15) is 27.7 Å². The molecular formula is C23H17NO5. The highest BCUT2D eigenvalue weighted by Crippen LogP contribution is 2.43. The number of carboxylic acids is 1. The number of fused-ring (bicyclic) bond motifs is 3. The number of aromatic carboxylic acids is 1. The molecule has 2 aromatic carbocycles.